The molecule has 3 aliphatic rings. The number of carbonyl (C=O) groups is 2. The Hall–Kier alpha value is -4.20. The predicted octanol–water partition coefficient (Wildman–Crippen LogP) is 2.07. The van der Waals surface area contributed by atoms with Crippen LogP contribution in [0.3, 0.4) is 0 Å². The highest BCUT2D eigenvalue weighted by Gasteiger charge is 2.29. The molecule has 1 aromatic heterocycles. The first kappa shape index (κ1) is 32.7. The number of amides is 1. The molecule has 1 amide bonds. The van der Waals surface area contributed by atoms with Crippen molar-refractivity contribution in [1.82, 2.24) is 15.6 Å². The fraction of sp³-hybridized carbons (Fsp3) is 0.484. The van der Waals surface area contributed by atoms with Crippen LogP contribution in [0, 0.1) is 0 Å². The summed E-state index contributed by atoms with van der Waals surface area (Å²) in [6.07, 6.45) is 8.17. The molecular weight excluding hydrogens is 570 g/mol. The van der Waals surface area contributed by atoms with Gasteiger partial charge in [0.05, 0.1) is 43.3 Å². The van der Waals surface area contributed by atoms with Crippen LogP contribution in [-0.4, -0.2) is 98.0 Å². The van der Waals surface area contributed by atoms with Crippen molar-refractivity contribution in [3.63, 3.8) is 0 Å². The first-order chi connectivity index (χ1) is 21.2. The lowest BCUT2D eigenvalue weighted by molar-refractivity contribution is -0.153. The number of pyridine rings is 1. The molecule has 3 heterocycles. The van der Waals surface area contributed by atoms with Crippen molar-refractivity contribution in [3.8, 4) is 11.5 Å². The summed E-state index contributed by atoms with van der Waals surface area (Å²) in [5, 5.41) is 35.9. The van der Waals surface area contributed by atoms with E-state index < -0.39 is 18.2 Å². The number of carboxylic acids is 1. The standard InChI is InChI=1S/C16H18N2O6.C15H23N3O2/c1-18-3-4-24-11-7-17-12-9(13(11)18)5-8(23-2)6-10(12)14(19)15(20)16(21)22;1-16-13(9-17-12-5-3-2-4-6-12)7-8-14-10-18-15(19)11-20-14/h5-7,14-15,19-20H,3-4H2,1-2H3,(H,21,22);7-8,12,17H,1-6,9-11H2,(H,18,19)/b;13-7-,14-8+. The Bertz CT molecular complexity index is 1390. The zero-order chi connectivity index (χ0) is 31.6. The van der Waals surface area contributed by atoms with E-state index in [4.69, 9.17) is 19.3 Å². The predicted molar refractivity (Wildman–Crippen MR) is 165 cm³/mol. The third-order valence-electron chi connectivity index (χ3n) is 7.77. The number of aliphatic carboxylic acids is 1. The number of hydrogen-bond donors (Lipinski definition) is 5. The number of aliphatic hydroxyl groups is 2. The van der Waals surface area contributed by atoms with Crippen molar-refractivity contribution in [3.05, 3.63) is 47.5 Å². The van der Waals surface area contributed by atoms with Gasteiger partial charge in [0, 0.05) is 30.6 Å². The van der Waals surface area contributed by atoms with Gasteiger partial charge >= 0.3 is 5.97 Å². The van der Waals surface area contributed by atoms with Crippen LogP contribution in [0.15, 0.2) is 46.9 Å². The monoisotopic (exact) mass is 611 g/mol. The molecule has 13 nitrogen and oxygen atoms in total. The molecule has 44 heavy (non-hydrogen) atoms. The Morgan fingerprint density at radius 3 is 2.73 bits per heavy atom. The van der Waals surface area contributed by atoms with Crippen molar-refractivity contribution in [2.45, 2.75) is 50.4 Å². The summed E-state index contributed by atoms with van der Waals surface area (Å²) >= 11 is 0. The van der Waals surface area contributed by atoms with E-state index in [1.165, 1.54) is 51.5 Å². The minimum Gasteiger partial charge on any atom is -0.497 e. The first-order valence-electron chi connectivity index (χ1n) is 14.6. The van der Waals surface area contributed by atoms with Gasteiger partial charge in [0.25, 0.3) is 5.91 Å². The number of allylic oxidation sites excluding steroid dienone is 2. The van der Waals surface area contributed by atoms with Gasteiger partial charge in [-0.15, -0.1) is 0 Å². The topological polar surface area (TPSA) is 175 Å². The Kier molecular flexibility index (Phi) is 11.5. The number of ether oxygens (including phenoxy) is 3. The molecule has 13 heteroatoms. The number of aliphatic hydroxyl groups excluding tert-OH is 2. The highest BCUT2D eigenvalue weighted by Crippen LogP contribution is 2.41. The number of nitrogens with zero attached hydrogens (tertiary/aromatic N) is 3. The molecule has 2 fully saturated rings. The molecule has 0 radical (unpaired) electrons. The molecule has 2 unspecified atom stereocenters. The average molecular weight is 612 g/mol. The zero-order valence-electron chi connectivity index (χ0n) is 25.1. The highest BCUT2D eigenvalue weighted by atomic mass is 16.5. The van der Waals surface area contributed by atoms with E-state index in [-0.39, 0.29) is 18.1 Å². The SMILES string of the molecule is C=N/C(=C\C=C1/CNC(=O)CO1)CNC1CCCCC1.COc1cc(C(O)C(O)C(=O)O)c2ncc3c(c2c1)N(C)CCO3. The van der Waals surface area contributed by atoms with Gasteiger partial charge in [-0.05, 0) is 43.8 Å². The second-order valence-corrected chi connectivity index (χ2v) is 10.8. The van der Waals surface area contributed by atoms with Crippen molar-refractivity contribution in [2.24, 2.45) is 4.99 Å². The molecule has 238 valence electrons. The Labute approximate surface area is 256 Å². The van der Waals surface area contributed by atoms with E-state index in [1.807, 2.05) is 24.1 Å². The Balaban J connectivity index is 0.000000204. The van der Waals surface area contributed by atoms with Gasteiger partial charge in [-0.2, -0.15) is 0 Å². The van der Waals surface area contributed by atoms with Crippen LogP contribution in [0.5, 0.6) is 11.5 Å². The van der Waals surface area contributed by atoms with Gasteiger partial charge < -0.3 is 45.1 Å². The normalized spacial score (nSPS) is 19.5. The number of rotatable bonds is 9. The number of carboxylic acid groups (broad SMARTS) is 1. The van der Waals surface area contributed by atoms with E-state index in [0.717, 1.165) is 23.7 Å². The fourth-order valence-corrected chi connectivity index (χ4v) is 5.29. The fourth-order valence-electron chi connectivity index (χ4n) is 5.29. The molecule has 2 aliphatic heterocycles. The molecular formula is C31H41N5O8. The number of methoxy groups -OCH3 is 1. The first-order valence-corrected chi connectivity index (χ1v) is 14.6. The zero-order valence-corrected chi connectivity index (χ0v) is 25.1. The number of aliphatic imine (C=N–C) groups is 1. The number of aromatic nitrogens is 1. The molecule has 2 atom stereocenters. The Morgan fingerprint density at radius 2 is 2.07 bits per heavy atom. The van der Waals surface area contributed by atoms with Gasteiger partial charge in [0.1, 0.15) is 24.2 Å². The lowest BCUT2D eigenvalue weighted by Gasteiger charge is -2.29. The maximum Gasteiger partial charge on any atom is 0.335 e. The van der Waals surface area contributed by atoms with Gasteiger partial charge in [-0.3, -0.25) is 14.8 Å². The summed E-state index contributed by atoms with van der Waals surface area (Å²) < 4.78 is 16.2. The Morgan fingerprint density at radius 1 is 1.30 bits per heavy atom. The van der Waals surface area contributed by atoms with E-state index in [2.05, 4.69) is 27.3 Å². The summed E-state index contributed by atoms with van der Waals surface area (Å²) in [5.74, 6) is 0.180. The largest absolute Gasteiger partial charge is 0.497 e. The van der Waals surface area contributed by atoms with Crippen LogP contribution < -0.4 is 25.0 Å². The van der Waals surface area contributed by atoms with Crippen LogP contribution in [0.4, 0.5) is 5.69 Å². The smallest absolute Gasteiger partial charge is 0.335 e. The van der Waals surface area contributed by atoms with Crippen LogP contribution in [-0.2, 0) is 14.3 Å². The van der Waals surface area contributed by atoms with Gasteiger partial charge in [-0.1, -0.05) is 19.3 Å². The number of carbonyl (C=O) groups excluding carboxylic acids is 1. The second kappa shape index (κ2) is 15.5. The summed E-state index contributed by atoms with van der Waals surface area (Å²) in [7, 11) is 3.37. The van der Waals surface area contributed by atoms with E-state index in [1.54, 1.807) is 6.07 Å². The van der Waals surface area contributed by atoms with Crippen molar-refractivity contribution in [1.29, 1.82) is 0 Å². The molecule has 0 spiro atoms. The van der Waals surface area contributed by atoms with Crippen molar-refractivity contribution in [2.75, 3.05) is 51.9 Å². The summed E-state index contributed by atoms with van der Waals surface area (Å²) in [4.78, 5) is 32.3. The third kappa shape index (κ3) is 8.24. The van der Waals surface area contributed by atoms with E-state index in [0.29, 0.717) is 48.1 Å². The molecule has 5 N–H and O–H groups in total. The molecule has 2 aromatic rings. The third-order valence-corrected chi connectivity index (χ3v) is 7.77. The number of likely N-dealkylation sites (N-methyl/N-ethyl adjacent to an activating group) is 1. The average Bonchev–Trinajstić information content (AvgIpc) is 3.05. The number of hydrogen-bond acceptors (Lipinski definition) is 11. The van der Waals surface area contributed by atoms with Crippen LogP contribution >= 0.6 is 0 Å². The molecule has 5 rings (SSSR count). The number of anilines is 1. The minimum absolute atomic E-state index is 0.0767. The number of fused-ring (bicyclic) bond motifs is 3. The number of morpholine rings is 1. The van der Waals surface area contributed by atoms with Crippen molar-refractivity contribution < 1.29 is 39.1 Å². The molecule has 1 aliphatic carbocycles. The highest BCUT2D eigenvalue weighted by molar-refractivity contribution is 5.98. The van der Waals surface area contributed by atoms with Gasteiger partial charge in [0.15, 0.2) is 18.5 Å². The minimum atomic E-state index is -1.97. The quantitative estimate of drug-likeness (QED) is 0.263. The lowest BCUT2D eigenvalue weighted by Crippen LogP contribution is -2.35. The summed E-state index contributed by atoms with van der Waals surface area (Å²) in [5.41, 5.74) is 2.24. The molecule has 1 aromatic carbocycles. The van der Waals surface area contributed by atoms with Gasteiger partial charge in [0.2, 0.25) is 0 Å². The van der Waals surface area contributed by atoms with Crippen LogP contribution in [0.2, 0.25) is 0 Å². The maximum atomic E-state index is 11.0. The van der Waals surface area contributed by atoms with Gasteiger partial charge in [-0.25, -0.2) is 4.79 Å². The van der Waals surface area contributed by atoms with E-state index >= 15 is 0 Å². The van der Waals surface area contributed by atoms with Crippen molar-refractivity contribution >= 4 is 35.2 Å². The van der Waals surface area contributed by atoms with Crippen LogP contribution in [0.1, 0.15) is 43.8 Å². The molecule has 1 saturated carbocycles. The number of nitrogens with one attached hydrogen (secondary N) is 2. The second-order valence-electron chi connectivity index (χ2n) is 10.8. The summed E-state index contributed by atoms with van der Waals surface area (Å²) in [6, 6.07) is 3.82. The number of benzene rings is 1. The molecule has 1 saturated heterocycles. The summed E-state index contributed by atoms with van der Waals surface area (Å²) in [6.45, 7) is 6.08. The lowest BCUT2D eigenvalue weighted by atomic mass is 9.95. The molecule has 0 bridgehead atoms. The van der Waals surface area contributed by atoms with E-state index in [9.17, 15) is 19.8 Å². The van der Waals surface area contributed by atoms with Crippen LogP contribution in [0.25, 0.3) is 10.9 Å². The maximum absolute atomic E-state index is 11.0.